The van der Waals surface area contributed by atoms with Crippen LogP contribution in [0.1, 0.15) is 59.8 Å². The van der Waals surface area contributed by atoms with Gasteiger partial charge in [0.15, 0.2) is 0 Å². The molecule has 14 heavy (non-hydrogen) atoms. The summed E-state index contributed by atoms with van der Waals surface area (Å²) in [5.74, 6) is 1.02. The van der Waals surface area contributed by atoms with Gasteiger partial charge in [-0.25, -0.2) is 0 Å². The van der Waals surface area contributed by atoms with Gasteiger partial charge in [-0.1, -0.05) is 53.4 Å². The van der Waals surface area contributed by atoms with Crippen molar-refractivity contribution in [2.45, 2.75) is 59.8 Å². The average molecular weight is 216 g/mol. The average Bonchev–Trinajstić information content (AvgIpc) is 2.22. The maximum Gasteiger partial charge on any atom is -0.0298 e. The zero-order valence-corrected chi connectivity index (χ0v) is 11.6. The van der Waals surface area contributed by atoms with Gasteiger partial charge in [0.05, 0.1) is 0 Å². The highest BCUT2D eigenvalue weighted by atomic mass is 31.1. The molecule has 0 saturated heterocycles. The van der Waals surface area contributed by atoms with Crippen LogP contribution in [0.5, 0.6) is 0 Å². The van der Waals surface area contributed by atoms with Crippen LogP contribution in [0.25, 0.3) is 0 Å². The van der Waals surface area contributed by atoms with Gasteiger partial charge in [0.1, 0.15) is 0 Å². The van der Waals surface area contributed by atoms with Crippen molar-refractivity contribution in [1.29, 1.82) is 0 Å². The molecule has 0 aliphatic carbocycles. The zero-order chi connectivity index (χ0) is 10.8. The topological polar surface area (TPSA) is 0 Å². The molecule has 0 N–H and O–H groups in total. The third-order valence-electron chi connectivity index (χ3n) is 3.04. The molecule has 0 fully saturated rings. The monoisotopic (exact) mass is 216 g/mol. The van der Waals surface area contributed by atoms with E-state index in [0.717, 1.165) is 5.92 Å². The van der Waals surface area contributed by atoms with Crippen molar-refractivity contribution >= 4 is 7.92 Å². The summed E-state index contributed by atoms with van der Waals surface area (Å²) in [6.07, 6.45) is 11.6. The van der Waals surface area contributed by atoms with Gasteiger partial charge in [-0.15, -0.1) is 7.92 Å². The van der Waals surface area contributed by atoms with Crippen molar-refractivity contribution in [2.24, 2.45) is 5.92 Å². The third-order valence-corrected chi connectivity index (χ3v) is 6.10. The predicted octanol–water partition coefficient (Wildman–Crippen LogP) is 5.11. The summed E-state index contributed by atoms with van der Waals surface area (Å²) >= 11 is 0. The van der Waals surface area contributed by atoms with Gasteiger partial charge in [-0.3, -0.25) is 0 Å². The summed E-state index contributed by atoms with van der Waals surface area (Å²) < 4.78 is 0. The van der Waals surface area contributed by atoms with Crippen molar-refractivity contribution in [1.82, 2.24) is 0 Å². The van der Waals surface area contributed by atoms with Gasteiger partial charge in [0, 0.05) is 0 Å². The van der Waals surface area contributed by atoms with Crippen molar-refractivity contribution in [3.05, 3.63) is 0 Å². The Balaban J connectivity index is 3.80. The van der Waals surface area contributed by atoms with Gasteiger partial charge in [0.2, 0.25) is 0 Å². The second-order valence-electron chi connectivity index (χ2n) is 4.34. The molecule has 0 aromatic heterocycles. The number of rotatable bonds is 9. The Morgan fingerprint density at radius 1 is 0.857 bits per heavy atom. The first-order valence-corrected chi connectivity index (χ1v) is 8.40. The lowest BCUT2D eigenvalue weighted by Crippen LogP contribution is -2.05. The molecule has 86 valence electrons. The van der Waals surface area contributed by atoms with E-state index in [1.807, 2.05) is 0 Å². The Morgan fingerprint density at radius 3 is 1.93 bits per heavy atom. The molecule has 1 unspecified atom stereocenters. The van der Waals surface area contributed by atoms with Gasteiger partial charge < -0.3 is 0 Å². The lowest BCUT2D eigenvalue weighted by atomic mass is 10.1. The molecule has 1 heteroatoms. The second-order valence-corrected chi connectivity index (χ2v) is 6.94. The summed E-state index contributed by atoms with van der Waals surface area (Å²) in [4.78, 5) is 0. The fourth-order valence-electron chi connectivity index (χ4n) is 1.90. The largest absolute Gasteiger partial charge is 0.106 e. The molecule has 0 heterocycles. The smallest absolute Gasteiger partial charge is 0.0298 e. The van der Waals surface area contributed by atoms with Gasteiger partial charge >= 0.3 is 0 Å². The summed E-state index contributed by atoms with van der Waals surface area (Å²) in [6, 6.07) is 0. The Labute approximate surface area is 92.6 Å². The maximum atomic E-state index is 2.35. The molecule has 0 rings (SSSR count). The quantitative estimate of drug-likeness (QED) is 0.469. The number of unbranched alkanes of at least 4 members (excludes halogenated alkanes) is 1. The molecular formula is C13H29P. The highest BCUT2D eigenvalue weighted by molar-refractivity contribution is 7.57. The predicted molar refractivity (Wildman–Crippen MR) is 70.8 cm³/mol. The van der Waals surface area contributed by atoms with E-state index in [2.05, 4.69) is 27.7 Å². The van der Waals surface area contributed by atoms with Crippen LogP contribution < -0.4 is 0 Å². The first-order valence-electron chi connectivity index (χ1n) is 6.50. The molecule has 0 aromatic rings. The summed E-state index contributed by atoms with van der Waals surface area (Å²) in [5, 5.41) is 0. The second kappa shape index (κ2) is 9.97. The van der Waals surface area contributed by atoms with Crippen molar-refractivity contribution < 1.29 is 0 Å². The van der Waals surface area contributed by atoms with Crippen LogP contribution in [0.15, 0.2) is 0 Å². The van der Waals surface area contributed by atoms with E-state index in [1.54, 1.807) is 6.16 Å². The van der Waals surface area contributed by atoms with Gasteiger partial charge in [0.25, 0.3) is 0 Å². The van der Waals surface area contributed by atoms with E-state index in [1.165, 1.54) is 44.4 Å². The lowest BCUT2D eigenvalue weighted by Gasteiger charge is -2.22. The molecule has 0 aliphatic rings. The van der Waals surface area contributed by atoms with Crippen LogP contribution in [-0.2, 0) is 0 Å². The molecule has 0 nitrogen and oxygen atoms in total. The van der Waals surface area contributed by atoms with Crippen LogP contribution in [0, 0.1) is 5.92 Å². The highest BCUT2D eigenvalue weighted by Crippen LogP contribution is 2.40. The normalized spacial score (nSPS) is 13.5. The minimum Gasteiger partial charge on any atom is -0.106 e. The lowest BCUT2D eigenvalue weighted by molar-refractivity contribution is 0.549. The van der Waals surface area contributed by atoms with Crippen LogP contribution in [-0.4, -0.2) is 18.5 Å². The van der Waals surface area contributed by atoms with Gasteiger partial charge in [-0.05, 0) is 30.8 Å². The maximum absolute atomic E-state index is 2.35. The molecule has 0 aromatic carbocycles. The van der Waals surface area contributed by atoms with E-state index >= 15 is 0 Å². The Hall–Kier alpha value is 0.430. The SMILES string of the molecule is CCCCP(CCC)CC(CC)CC. The molecule has 0 spiro atoms. The molecule has 0 bridgehead atoms. The standard InChI is InChI=1S/C13H29P/c1-5-9-11-14(10-6-2)12-13(7-3)8-4/h13H,5-12H2,1-4H3. The van der Waals surface area contributed by atoms with Crippen LogP contribution in [0.2, 0.25) is 0 Å². The molecule has 0 radical (unpaired) electrons. The minimum atomic E-state index is 0.382. The number of hydrogen-bond acceptors (Lipinski definition) is 0. The number of hydrogen-bond donors (Lipinski definition) is 0. The van der Waals surface area contributed by atoms with E-state index in [4.69, 9.17) is 0 Å². The van der Waals surface area contributed by atoms with E-state index < -0.39 is 0 Å². The highest BCUT2D eigenvalue weighted by Gasteiger charge is 2.12. The summed E-state index contributed by atoms with van der Waals surface area (Å²) in [5.41, 5.74) is 0. The minimum absolute atomic E-state index is 0.382. The van der Waals surface area contributed by atoms with Crippen molar-refractivity contribution in [3.63, 3.8) is 0 Å². The molecule has 1 atom stereocenters. The Bertz CT molecular complexity index is 108. The van der Waals surface area contributed by atoms with E-state index in [0.29, 0.717) is 7.92 Å². The summed E-state index contributed by atoms with van der Waals surface area (Å²) in [6.45, 7) is 9.37. The Kier molecular flexibility index (Phi) is 10.3. The summed E-state index contributed by atoms with van der Waals surface area (Å²) in [7, 11) is 0.382. The van der Waals surface area contributed by atoms with E-state index in [-0.39, 0.29) is 0 Å². The van der Waals surface area contributed by atoms with Crippen LogP contribution in [0.4, 0.5) is 0 Å². The molecule has 0 aliphatic heterocycles. The first kappa shape index (κ1) is 14.4. The zero-order valence-electron chi connectivity index (χ0n) is 10.7. The van der Waals surface area contributed by atoms with Crippen LogP contribution >= 0.6 is 7.92 Å². The van der Waals surface area contributed by atoms with Crippen molar-refractivity contribution in [3.8, 4) is 0 Å². The molecular weight excluding hydrogens is 187 g/mol. The Morgan fingerprint density at radius 2 is 1.50 bits per heavy atom. The molecule has 0 amide bonds. The fourth-order valence-corrected chi connectivity index (χ4v) is 5.14. The van der Waals surface area contributed by atoms with Crippen molar-refractivity contribution in [2.75, 3.05) is 18.5 Å². The molecule has 0 saturated carbocycles. The third kappa shape index (κ3) is 6.82. The van der Waals surface area contributed by atoms with Crippen LogP contribution in [0.3, 0.4) is 0 Å². The van der Waals surface area contributed by atoms with E-state index in [9.17, 15) is 0 Å². The van der Waals surface area contributed by atoms with Gasteiger partial charge in [-0.2, -0.15) is 0 Å². The first-order chi connectivity index (χ1) is 6.78. The fraction of sp³-hybridized carbons (Fsp3) is 1.00.